The zero-order valence-corrected chi connectivity index (χ0v) is 16.1. The van der Waals surface area contributed by atoms with Crippen molar-refractivity contribution >= 4 is 23.8 Å². The van der Waals surface area contributed by atoms with E-state index in [1.807, 2.05) is 18.2 Å². The van der Waals surface area contributed by atoms with Crippen LogP contribution in [0, 0.1) is 0 Å². The third kappa shape index (κ3) is 3.36. The van der Waals surface area contributed by atoms with Crippen LogP contribution in [-0.2, 0) is 22.7 Å². The molecular formula is C21H20N2O4S. The first-order valence-electron chi connectivity index (χ1n) is 9.44. The van der Waals surface area contributed by atoms with Crippen LogP contribution < -0.4 is 14.8 Å². The largest absolute Gasteiger partial charge is 0.486 e. The summed E-state index contributed by atoms with van der Waals surface area (Å²) in [6.07, 6.45) is 0.985. The van der Waals surface area contributed by atoms with Crippen LogP contribution in [-0.4, -0.2) is 29.3 Å². The van der Waals surface area contributed by atoms with Gasteiger partial charge in [0.15, 0.2) is 11.5 Å². The third-order valence-electron chi connectivity index (χ3n) is 5.31. The van der Waals surface area contributed by atoms with Gasteiger partial charge in [-0.05, 0) is 53.3 Å². The second-order valence-electron chi connectivity index (χ2n) is 7.23. The number of benzene rings is 2. The van der Waals surface area contributed by atoms with Crippen molar-refractivity contribution in [3.8, 4) is 11.5 Å². The Hall–Kier alpha value is -2.51. The van der Waals surface area contributed by atoms with E-state index < -0.39 is 0 Å². The van der Waals surface area contributed by atoms with Gasteiger partial charge in [-0.2, -0.15) is 0 Å². The van der Waals surface area contributed by atoms with Gasteiger partial charge in [0.25, 0.3) is 0 Å². The minimum Gasteiger partial charge on any atom is -0.486 e. The van der Waals surface area contributed by atoms with Crippen LogP contribution in [0.3, 0.4) is 0 Å². The molecule has 0 aromatic heterocycles. The van der Waals surface area contributed by atoms with Gasteiger partial charge in [-0.1, -0.05) is 18.2 Å². The predicted molar refractivity (Wildman–Crippen MR) is 104 cm³/mol. The molecule has 1 saturated heterocycles. The van der Waals surface area contributed by atoms with Crippen molar-refractivity contribution in [3.63, 3.8) is 0 Å². The molecule has 0 spiro atoms. The number of carbonyl (C=O) groups is 2. The quantitative estimate of drug-likeness (QED) is 0.636. The number of amides is 2. The summed E-state index contributed by atoms with van der Waals surface area (Å²) in [6.45, 7) is 2.84. The molecule has 28 heavy (non-hydrogen) atoms. The van der Waals surface area contributed by atoms with E-state index in [2.05, 4.69) is 27.8 Å². The topological polar surface area (TPSA) is 67.9 Å². The highest BCUT2D eigenvalue weighted by Crippen LogP contribution is 2.39. The number of carbonyl (C=O) groups excluding carboxylic acids is 2. The fourth-order valence-electron chi connectivity index (χ4n) is 3.91. The van der Waals surface area contributed by atoms with Crippen LogP contribution in [0.5, 0.6) is 11.5 Å². The smallest absolute Gasteiger partial charge is 0.234 e. The van der Waals surface area contributed by atoms with Crippen molar-refractivity contribution in [2.75, 3.05) is 13.2 Å². The first-order valence-corrected chi connectivity index (χ1v) is 10.2. The van der Waals surface area contributed by atoms with Crippen molar-refractivity contribution in [1.29, 1.82) is 0 Å². The van der Waals surface area contributed by atoms with E-state index in [-0.39, 0.29) is 17.7 Å². The van der Waals surface area contributed by atoms with Gasteiger partial charge in [-0.3, -0.25) is 14.9 Å². The lowest BCUT2D eigenvalue weighted by Gasteiger charge is -2.21. The molecule has 6 nitrogen and oxygen atoms in total. The average molecular weight is 396 g/mol. The van der Waals surface area contributed by atoms with Crippen LogP contribution in [0.15, 0.2) is 41.3 Å². The fourth-order valence-corrected chi connectivity index (χ4v) is 4.90. The third-order valence-corrected chi connectivity index (χ3v) is 6.29. The normalized spacial score (nSPS) is 21.4. The fraction of sp³-hybridized carbons (Fsp3) is 0.333. The lowest BCUT2D eigenvalue weighted by molar-refractivity contribution is -0.134. The standard InChI is InChI=1S/C21H20N2O4S/c24-20-6-4-17(21(25)22-20)13-1-2-14-11-23(12-15(14)9-13)28-16-3-5-18-19(10-16)27-8-7-26-18/h1-3,5,9-10,17H,4,6-8,11-12H2,(H,22,24,25). The van der Waals surface area contributed by atoms with Gasteiger partial charge in [0.1, 0.15) is 13.2 Å². The SMILES string of the molecule is O=C1CCC(c2ccc3c(c2)CN(Sc2ccc4c(c2)OCCO4)C3)C(=O)N1. The number of fused-ring (bicyclic) bond motifs is 2. The highest BCUT2D eigenvalue weighted by molar-refractivity contribution is 7.97. The maximum Gasteiger partial charge on any atom is 0.234 e. The minimum absolute atomic E-state index is 0.176. The predicted octanol–water partition coefficient (Wildman–Crippen LogP) is 3.00. The van der Waals surface area contributed by atoms with E-state index in [1.165, 1.54) is 11.1 Å². The summed E-state index contributed by atoms with van der Waals surface area (Å²) in [5.74, 6) is 1.01. The molecule has 144 valence electrons. The number of piperidine rings is 1. The number of ether oxygens (including phenoxy) is 2. The van der Waals surface area contributed by atoms with E-state index in [4.69, 9.17) is 9.47 Å². The van der Waals surface area contributed by atoms with E-state index >= 15 is 0 Å². The molecule has 2 amide bonds. The summed E-state index contributed by atoms with van der Waals surface area (Å²) in [5.41, 5.74) is 3.52. The molecule has 1 N–H and O–H groups in total. The molecule has 1 fully saturated rings. The number of hydrogen-bond donors (Lipinski definition) is 1. The van der Waals surface area contributed by atoms with Gasteiger partial charge in [-0.25, -0.2) is 4.31 Å². The van der Waals surface area contributed by atoms with Crippen LogP contribution in [0.4, 0.5) is 0 Å². The number of nitrogens with one attached hydrogen (secondary N) is 1. The molecule has 3 aliphatic heterocycles. The van der Waals surface area contributed by atoms with Gasteiger partial charge >= 0.3 is 0 Å². The summed E-state index contributed by atoms with van der Waals surface area (Å²) in [5, 5.41) is 2.45. The number of hydrogen-bond acceptors (Lipinski definition) is 6. The lowest BCUT2D eigenvalue weighted by Crippen LogP contribution is -2.39. The summed E-state index contributed by atoms with van der Waals surface area (Å²) in [6, 6.07) is 12.3. The lowest BCUT2D eigenvalue weighted by atomic mass is 9.89. The van der Waals surface area contributed by atoms with Crippen molar-refractivity contribution in [1.82, 2.24) is 9.62 Å². The molecule has 1 unspecified atom stereocenters. The summed E-state index contributed by atoms with van der Waals surface area (Å²) >= 11 is 1.70. The second-order valence-corrected chi connectivity index (χ2v) is 8.40. The van der Waals surface area contributed by atoms with Gasteiger partial charge < -0.3 is 9.47 Å². The molecule has 0 saturated carbocycles. The van der Waals surface area contributed by atoms with Gasteiger partial charge in [-0.15, -0.1) is 0 Å². The Morgan fingerprint density at radius 2 is 1.79 bits per heavy atom. The molecule has 0 aliphatic carbocycles. The Morgan fingerprint density at radius 1 is 0.964 bits per heavy atom. The van der Waals surface area contributed by atoms with E-state index in [0.717, 1.165) is 35.0 Å². The molecule has 3 aliphatic rings. The van der Waals surface area contributed by atoms with Crippen molar-refractivity contribution < 1.29 is 19.1 Å². The first-order chi connectivity index (χ1) is 13.7. The van der Waals surface area contributed by atoms with E-state index in [1.54, 1.807) is 11.9 Å². The van der Waals surface area contributed by atoms with Gasteiger partial charge in [0.05, 0.1) is 5.92 Å². The molecule has 2 aromatic rings. The first kappa shape index (κ1) is 17.6. The Kier molecular flexibility index (Phi) is 4.49. The molecule has 7 heteroatoms. The molecule has 3 heterocycles. The maximum absolute atomic E-state index is 12.2. The minimum atomic E-state index is -0.234. The average Bonchev–Trinajstić information content (AvgIpc) is 3.09. The Morgan fingerprint density at radius 3 is 2.64 bits per heavy atom. The number of imide groups is 1. The van der Waals surface area contributed by atoms with E-state index in [9.17, 15) is 9.59 Å². The zero-order chi connectivity index (χ0) is 19.1. The zero-order valence-electron chi connectivity index (χ0n) is 15.3. The van der Waals surface area contributed by atoms with Crippen LogP contribution >= 0.6 is 11.9 Å². The highest BCUT2D eigenvalue weighted by atomic mass is 32.2. The van der Waals surface area contributed by atoms with Crippen molar-refractivity contribution in [2.45, 2.75) is 36.7 Å². The summed E-state index contributed by atoms with van der Waals surface area (Å²) < 4.78 is 13.6. The molecule has 2 aromatic carbocycles. The monoisotopic (exact) mass is 396 g/mol. The molecule has 5 rings (SSSR count). The Bertz CT molecular complexity index is 961. The van der Waals surface area contributed by atoms with Gasteiger partial charge in [0.2, 0.25) is 11.8 Å². The molecule has 0 radical (unpaired) electrons. The van der Waals surface area contributed by atoms with Crippen LogP contribution in [0.25, 0.3) is 0 Å². The Balaban J connectivity index is 1.29. The maximum atomic E-state index is 12.2. The Labute approximate surface area is 167 Å². The molecule has 0 bridgehead atoms. The number of rotatable bonds is 3. The summed E-state index contributed by atoms with van der Waals surface area (Å²) in [7, 11) is 0. The van der Waals surface area contributed by atoms with Crippen molar-refractivity contribution in [3.05, 3.63) is 53.1 Å². The highest BCUT2D eigenvalue weighted by Gasteiger charge is 2.29. The number of nitrogens with zero attached hydrogens (tertiary/aromatic N) is 1. The summed E-state index contributed by atoms with van der Waals surface area (Å²) in [4.78, 5) is 24.7. The van der Waals surface area contributed by atoms with Crippen molar-refractivity contribution in [2.24, 2.45) is 0 Å². The van der Waals surface area contributed by atoms with Gasteiger partial charge in [0, 0.05) is 24.4 Å². The second kappa shape index (κ2) is 7.14. The molecule has 1 atom stereocenters. The molecular weight excluding hydrogens is 376 g/mol. The van der Waals surface area contributed by atoms with Crippen LogP contribution in [0.2, 0.25) is 0 Å². The van der Waals surface area contributed by atoms with E-state index in [0.29, 0.717) is 26.1 Å². The van der Waals surface area contributed by atoms with Crippen LogP contribution in [0.1, 0.15) is 35.4 Å².